The van der Waals surface area contributed by atoms with Crippen LogP contribution in [-0.2, 0) is 0 Å². The van der Waals surface area contributed by atoms with Gasteiger partial charge in [-0.3, -0.25) is 0 Å². The Hall–Kier alpha value is -1.84. The molecule has 0 spiro atoms. The van der Waals surface area contributed by atoms with Crippen LogP contribution < -0.4 is 5.73 Å². The van der Waals surface area contributed by atoms with Gasteiger partial charge in [0.2, 0.25) is 0 Å². The Kier molecular flexibility index (Phi) is 3.13. The molecule has 17 heavy (non-hydrogen) atoms. The van der Waals surface area contributed by atoms with Crippen molar-refractivity contribution >= 4 is 5.82 Å². The fourth-order valence-corrected chi connectivity index (χ4v) is 1.76. The van der Waals surface area contributed by atoms with Crippen molar-refractivity contribution in [2.45, 2.75) is 26.2 Å². The summed E-state index contributed by atoms with van der Waals surface area (Å²) in [6.07, 6.45) is 2.64. The highest BCUT2D eigenvalue weighted by molar-refractivity contribution is 5.38. The van der Waals surface area contributed by atoms with Crippen molar-refractivity contribution < 1.29 is 4.39 Å². The number of hydrogen-bond donors (Lipinski definition) is 1. The molecule has 1 heterocycles. The van der Waals surface area contributed by atoms with Crippen molar-refractivity contribution in [2.24, 2.45) is 0 Å². The number of anilines is 1. The number of nitrogens with two attached hydrogens (primary N) is 1. The van der Waals surface area contributed by atoms with Gasteiger partial charge in [-0.2, -0.15) is 5.10 Å². The molecule has 0 saturated heterocycles. The minimum atomic E-state index is -0.189. The highest BCUT2D eigenvalue weighted by Gasteiger charge is 2.10. The van der Waals surface area contributed by atoms with Crippen LogP contribution in [0.2, 0.25) is 0 Å². The molecular weight excluding hydrogens is 217 g/mol. The third-order valence-electron chi connectivity index (χ3n) is 3.00. The van der Waals surface area contributed by atoms with Crippen LogP contribution in [-0.4, -0.2) is 9.78 Å². The van der Waals surface area contributed by atoms with Crippen LogP contribution in [0.4, 0.5) is 10.2 Å². The van der Waals surface area contributed by atoms with Crippen molar-refractivity contribution in [3.05, 3.63) is 41.8 Å². The van der Waals surface area contributed by atoms with Gasteiger partial charge in [-0.1, -0.05) is 19.9 Å². The molecule has 0 fully saturated rings. The van der Waals surface area contributed by atoms with E-state index in [0.717, 1.165) is 12.0 Å². The van der Waals surface area contributed by atoms with Crippen molar-refractivity contribution in [3.8, 4) is 5.69 Å². The fourth-order valence-electron chi connectivity index (χ4n) is 1.76. The van der Waals surface area contributed by atoms with E-state index in [1.165, 1.54) is 6.07 Å². The summed E-state index contributed by atoms with van der Waals surface area (Å²) in [7, 11) is 0. The molecule has 2 N–H and O–H groups in total. The van der Waals surface area contributed by atoms with Gasteiger partial charge in [0.25, 0.3) is 0 Å². The average molecular weight is 233 g/mol. The maximum absolute atomic E-state index is 13.9. The van der Waals surface area contributed by atoms with Gasteiger partial charge in [0.1, 0.15) is 11.6 Å². The first-order chi connectivity index (χ1) is 8.11. The molecule has 90 valence electrons. The van der Waals surface area contributed by atoms with Crippen LogP contribution in [0.3, 0.4) is 0 Å². The summed E-state index contributed by atoms with van der Waals surface area (Å²) in [5.41, 5.74) is 6.96. The number of rotatable bonds is 3. The molecule has 1 unspecified atom stereocenters. The molecule has 0 amide bonds. The summed E-state index contributed by atoms with van der Waals surface area (Å²) in [5.74, 6) is 0.467. The van der Waals surface area contributed by atoms with Gasteiger partial charge in [-0.25, -0.2) is 9.07 Å². The van der Waals surface area contributed by atoms with E-state index in [2.05, 4.69) is 5.10 Å². The zero-order valence-electron chi connectivity index (χ0n) is 10.0. The summed E-state index contributed by atoms with van der Waals surface area (Å²) in [5, 5.41) is 4.04. The van der Waals surface area contributed by atoms with Gasteiger partial charge < -0.3 is 5.73 Å². The maximum atomic E-state index is 13.9. The van der Waals surface area contributed by atoms with E-state index in [-0.39, 0.29) is 11.7 Å². The van der Waals surface area contributed by atoms with Crippen LogP contribution in [0.1, 0.15) is 31.7 Å². The molecule has 4 heteroatoms. The van der Waals surface area contributed by atoms with Crippen LogP contribution >= 0.6 is 0 Å². The molecule has 0 bridgehead atoms. The van der Waals surface area contributed by atoms with E-state index >= 15 is 0 Å². The van der Waals surface area contributed by atoms with Gasteiger partial charge in [0, 0.05) is 12.3 Å². The van der Waals surface area contributed by atoms with Crippen molar-refractivity contribution in [3.63, 3.8) is 0 Å². The molecular formula is C13H16FN3. The van der Waals surface area contributed by atoms with Gasteiger partial charge in [0.15, 0.2) is 0 Å². The van der Waals surface area contributed by atoms with Crippen molar-refractivity contribution in [1.29, 1.82) is 0 Å². The topological polar surface area (TPSA) is 43.8 Å². The molecule has 2 aromatic rings. The number of benzene rings is 1. The Morgan fingerprint density at radius 1 is 1.41 bits per heavy atom. The monoisotopic (exact) mass is 233 g/mol. The summed E-state index contributed by atoms with van der Waals surface area (Å²) in [4.78, 5) is 0. The smallest absolute Gasteiger partial charge is 0.145 e. The Morgan fingerprint density at radius 2 is 2.18 bits per heavy atom. The molecule has 2 rings (SSSR count). The third-order valence-corrected chi connectivity index (χ3v) is 3.00. The van der Waals surface area contributed by atoms with E-state index in [4.69, 9.17) is 5.73 Å². The largest absolute Gasteiger partial charge is 0.382 e. The second kappa shape index (κ2) is 4.57. The fraction of sp³-hybridized carbons (Fsp3) is 0.308. The first-order valence-electron chi connectivity index (χ1n) is 5.72. The molecule has 3 nitrogen and oxygen atoms in total. The van der Waals surface area contributed by atoms with Crippen LogP contribution in [0, 0.1) is 5.82 Å². The SMILES string of the molecule is CCC(C)c1ccc(-n2ccc(N)n2)cc1F. The summed E-state index contributed by atoms with van der Waals surface area (Å²) in [6, 6.07) is 6.85. The zero-order chi connectivity index (χ0) is 12.4. The summed E-state index contributed by atoms with van der Waals surface area (Å²) < 4.78 is 15.5. The van der Waals surface area contributed by atoms with Gasteiger partial charge in [-0.15, -0.1) is 0 Å². The zero-order valence-corrected chi connectivity index (χ0v) is 10.0. The lowest BCUT2D eigenvalue weighted by atomic mass is 9.98. The number of halogens is 1. The first-order valence-corrected chi connectivity index (χ1v) is 5.72. The molecule has 0 aliphatic carbocycles. The standard InChI is InChI=1S/C13H16FN3/c1-3-9(2)11-5-4-10(8-12(11)14)17-7-6-13(15)16-17/h4-9H,3H2,1-2H3,(H2,15,16). The van der Waals surface area contributed by atoms with Crippen LogP contribution in [0.15, 0.2) is 30.5 Å². The molecule has 0 radical (unpaired) electrons. The number of nitrogen functional groups attached to an aromatic ring is 1. The second-order valence-corrected chi connectivity index (χ2v) is 4.20. The highest BCUT2D eigenvalue weighted by atomic mass is 19.1. The Labute approximate surface area is 100 Å². The lowest BCUT2D eigenvalue weighted by molar-refractivity contribution is 0.582. The van der Waals surface area contributed by atoms with Crippen molar-refractivity contribution in [1.82, 2.24) is 9.78 Å². The number of nitrogens with zero attached hydrogens (tertiary/aromatic N) is 2. The number of hydrogen-bond acceptors (Lipinski definition) is 2. The van der Waals surface area contributed by atoms with E-state index in [1.807, 2.05) is 26.0 Å². The quantitative estimate of drug-likeness (QED) is 0.885. The molecule has 0 aliphatic heterocycles. The minimum absolute atomic E-state index is 0.189. The highest BCUT2D eigenvalue weighted by Crippen LogP contribution is 2.23. The van der Waals surface area contributed by atoms with Crippen LogP contribution in [0.5, 0.6) is 0 Å². The Balaban J connectivity index is 2.37. The molecule has 1 aromatic carbocycles. The minimum Gasteiger partial charge on any atom is -0.382 e. The third kappa shape index (κ3) is 2.30. The predicted molar refractivity (Wildman–Crippen MR) is 66.6 cm³/mol. The normalized spacial score (nSPS) is 12.6. The van der Waals surface area contributed by atoms with E-state index < -0.39 is 0 Å². The van der Waals surface area contributed by atoms with Crippen LogP contribution in [0.25, 0.3) is 5.69 Å². The molecule has 1 atom stereocenters. The summed E-state index contributed by atoms with van der Waals surface area (Å²) >= 11 is 0. The average Bonchev–Trinajstić information content (AvgIpc) is 2.75. The molecule has 0 aliphatic rings. The van der Waals surface area contributed by atoms with Gasteiger partial charge in [-0.05, 0) is 30.0 Å². The predicted octanol–water partition coefficient (Wildman–Crippen LogP) is 3.11. The first kappa shape index (κ1) is 11.6. The van der Waals surface area contributed by atoms with E-state index in [0.29, 0.717) is 11.5 Å². The number of aromatic nitrogens is 2. The maximum Gasteiger partial charge on any atom is 0.145 e. The van der Waals surface area contributed by atoms with Gasteiger partial charge >= 0.3 is 0 Å². The summed E-state index contributed by atoms with van der Waals surface area (Å²) in [6.45, 7) is 4.07. The van der Waals surface area contributed by atoms with Gasteiger partial charge in [0.05, 0.1) is 5.69 Å². The lowest BCUT2D eigenvalue weighted by Crippen LogP contribution is -2.01. The molecule has 1 aromatic heterocycles. The lowest BCUT2D eigenvalue weighted by Gasteiger charge is -2.11. The second-order valence-electron chi connectivity index (χ2n) is 4.20. The Bertz CT molecular complexity index is 519. The van der Waals surface area contributed by atoms with E-state index in [9.17, 15) is 4.39 Å². The van der Waals surface area contributed by atoms with E-state index in [1.54, 1.807) is 16.9 Å². The Morgan fingerprint density at radius 3 is 2.71 bits per heavy atom. The van der Waals surface area contributed by atoms with Crippen molar-refractivity contribution in [2.75, 3.05) is 5.73 Å². The molecule has 0 saturated carbocycles.